The summed E-state index contributed by atoms with van der Waals surface area (Å²) in [6, 6.07) is 25.1. The molecule has 0 bridgehead atoms. The lowest BCUT2D eigenvalue weighted by molar-refractivity contribution is 0.399. The van der Waals surface area contributed by atoms with Gasteiger partial charge in [0.1, 0.15) is 11.5 Å². The van der Waals surface area contributed by atoms with Crippen LogP contribution in [0.2, 0.25) is 0 Å². The van der Waals surface area contributed by atoms with E-state index < -0.39 is 7.60 Å². The van der Waals surface area contributed by atoms with E-state index in [2.05, 4.69) is 0 Å². The van der Waals surface area contributed by atoms with Gasteiger partial charge in [-0.15, -0.1) is 0 Å². The molecular formula is C19H18NO3P. The highest BCUT2D eigenvalue weighted by atomic mass is 31.2. The minimum atomic E-state index is -3.59. The quantitative estimate of drug-likeness (QED) is 0.686. The fourth-order valence-electron chi connectivity index (χ4n) is 2.18. The molecular weight excluding hydrogens is 321 g/mol. The molecule has 0 aliphatic heterocycles. The number of hydrogen-bond donors (Lipinski definition) is 1. The van der Waals surface area contributed by atoms with Gasteiger partial charge in [-0.25, -0.2) is 4.57 Å². The lowest BCUT2D eigenvalue weighted by Crippen LogP contribution is -2.15. The van der Waals surface area contributed by atoms with Gasteiger partial charge in [0.2, 0.25) is 0 Å². The minimum Gasteiger partial charge on any atom is -0.413 e. The van der Waals surface area contributed by atoms with Crippen molar-refractivity contribution in [1.29, 1.82) is 0 Å². The Morgan fingerprint density at radius 2 is 1.17 bits per heavy atom. The smallest absolute Gasteiger partial charge is 0.413 e. The second kappa shape index (κ2) is 7.35. The second-order valence-corrected chi connectivity index (χ2v) is 7.05. The summed E-state index contributed by atoms with van der Waals surface area (Å²) in [6.45, 7) is 0.420. The third-order valence-corrected chi connectivity index (χ3v) is 5.26. The molecule has 0 unspecified atom stereocenters. The third-order valence-electron chi connectivity index (χ3n) is 3.43. The Hall–Kier alpha value is -2.55. The molecule has 0 aromatic heterocycles. The molecule has 0 amide bonds. The van der Waals surface area contributed by atoms with Gasteiger partial charge in [0.05, 0.1) is 5.30 Å². The number of benzene rings is 3. The molecule has 0 aliphatic rings. The number of para-hydroxylation sites is 2. The SMILES string of the molecule is NCc1ccc(P(=O)(Oc2ccccc2)Oc2ccccc2)cc1. The molecule has 0 radical (unpaired) electrons. The normalized spacial score (nSPS) is 11.0. The Morgan fingerprint density at radius 3 is 1.58 bits per heavy atom. The number of rotatable bonds is 6. The Bertz CT molecular complexity index is 775. The monoisotopic (exact) mass is 339 g/mol. The van der Waals surface area contributed by atoms with E-state index in [-0.39, 0.29) is 0 Å². The fourth-order valence-corrected chi connectivity index (χ4v) is 3.74. The highest BCUT2D eigenvalue weighted by Gasteiger charge is 2.31. The average molecular weight is 339 g/mol. The van der Waals surface area contributed by atoms with Crippen LogP contribution in [0.4, 0.5) is 0 Å². The molecule has 4 nitrogen and oxygen atoms in total. The minimum absolute atomic E-state index is 0.420. The van der Waals surface area contributed by atoms with E-state index >= 15 is 0 Å². The summed E-state index contributed by atoms with van der Waals surface area (Å²) in [4.78, 5) is 0. The van der Waals surface area contributed by atoms with Gasteiger partial charge >= 0.3 is 7.60 Å². The van der Waals surface area contributed by atoms with Gasteiger partial charge in [-0.2, -0.15) is 0 Å². The van der Waals surface area contributed by atoms with E-state index in [1.54, 1.807) is 36.4 Å². The van der Waals surface area contributed by atoms with E-state index in [4.69, 9.17) is 14.8 Å². The second-order valence-electron chi connectivity index (χ2n) is 5.18. The van der Waals surface area contributed by atoms with Gasteiger partial charge in [0.25, 0.3) is 0 Å². The van der Waals surface area contributed by atoms with Crippen LogP contribution in [0.5, 0.6) is 11.5 Å². The Kier molecular flexibility index (Phi) is 4.99. The first kappa shape index (κ1) is 16.3. The largest absolute Gasteiger partial charge is 0.462 e. The van der Waals surface area contributed by atoms with Crippen molar-refractivity contribution in [3.63, 3.8) is 0 Å². The van der Waals surface area contributed by atoms with Gasteiger partial charge in [0, 0.05) is 6.54 Å². The standard InChI is InChI=1S/C19H18NO3P/c20-15-16-11-13-19(14-12-16)24(21,22-17-7-3-1-4-8-17)23-18-9-5-2-6-10-18/h1-14H,15,20H2. The Labute approximate surface area is 141 Å². The molecule has 122 valence electrons. The van der Waals surface area contributed by atoms with Crippen LogP contribution in [0.3, 0.4) is 0 Å². The van der Waals surface area contributed by atoms with E-state index in [0.717, 1.165) is 5.56 Å². The molecule has 0 spiro atoms. The molecule has 0 heterocycles. The van der Waals surface area contributed by atoms with Crippen molar-refractivity contribution >= 4 is 12.9 Å². The van der Waals surface area contributed by atoms with Crippen LogP contribution in [0, 0.1) is 0 Å². The highest BCUT2D eigenvalue weighted by Crippen LogP contribution is 2.47. The summed E-state index contributed by atoms with van der Waals surface area (Å²) < 4.78 is 25.0. The maximum atomic E-state index is 13.5. The van der Waals surface area contributed by atoms with E-state index in [0.29, 0.717) is 23.3 Å². The number of nitrogens with two attached hydrogens (primary N) is 1. The van der Waals surface area contributed by atoms with Crippen LogP contribution in [-0.2, 0) is 11.1 Å². The summed E-state index contributed by atoms with van der Waals surface area (Å²) in [6.07, 6.45) is 0. The fraction of sp³-hybridized carbons (Fsp3) is 0.0526. The zero-order valence-electron chi connectivity index (χ0n) is 13.0. The average Bonchev–Trinajstić information content (AvgIpc) is 2.63. The molecule has 0 atom stereocenters. The zero-order valence-corrected chi connectivity index (χ0v) is 13.9. The molecule has 0 aliphatic carbocycles. The molecule has 2 N–H and O–H groups in total. The van der Waals surface area contributed by atoms with E-state index in [9.17, 15) is 4.57 Å². The van der Waals surface area contributed by atoms with Gasteiger partial charge in [-0.05, 0) is 42.0 Å². The van der Waals surface area contributed by atoms with Crippen molar-refractivity contribution in [2.75, 3.05) is 0 Å². The summed E-state index contributed by atoms with van der Waals surface area (Å²) in [7, 11) is -3.59. The van der Waals surface area contributed by atoms with E-state index in [1.807, 2.05) is 48.5 Å². The predicted molar refractivity (Wildman–Crippen MR) is 95.7 cm³/mol. The van der Waals surface area contributed by atoms with Crippen molar-refractivity contribution in [3.05, 3.63) is 90.5 Å². The molecule has 3 rings (SSSR count). The van der Waals surface area contributed by atoms with Crippen molar-refractivity contribution in [3.8, 4) is 11.5 Å². The van der Waals surface area contributed by atoms with E-state index in [1.165, 1.54) is 0 Å². The van der Waals surface area contributed by atoms with Crippen LogP contribution < -0.4 is 20.1 Å². The van der Waals surface area contributed by atoms with Crippen molar-refractivity contribution < 1.29 is 13.6 Å². The molecule has 0 fully saturated rings. The summed E-state index contributed by atoms with van der Waals surface area (Å²) >= 11 is 0. The van der Waals surface area contributed by atoms with Gasteiger partial charge in [-0.1, -0.05) is 48.5 Å². The molecule has 0 saturated carbocycles. The maximum absolute atomic E-state index is 13.5. The molecule has 0 saturated heterocycles. The van der Waals surface area contributed by atoms with Gasteiger partial charge in [-0.3, -0.25) is 0 Å². The predicted octanol–water partition coefficient (Wildman–Crippen LogP) is 4.12. The third kappa shape index (κ3) is 3.85. The lowest BCUT2D eigenvalue weighted by Gasteiger charge is -2.20. The van der Waals surface area contributed by atoms with Crippen molar-refractivity contribution in [1.82, 2.24) is 0 Å². The Balaban J connectivity index is 1.97. The Morgan fingerprint density at radius 1 is 0.708 bits per heavy atom. The zero-order chi connectivity index (χ0) is 16.8. The molecule has 3 aromatic carbocycles. The summed E-state index contributed by atoms with van der Waals surface area (Å²) in [5.74, 6) is 0.972. The topological polar surface area (TPSA) is 61.6 Å². The molecule has 3 aromatic rings. The molecule has 5 heteroatoms. The van der Waals surface area contributed by atoms with Gasteiger partial charge < -0.3 is 14.8 Å². The lowest BCUT2D eigenvalue weighted by atomic mass is 10.2. The molecule has 24 heavy (non-hydrogen) atoms. The number of hydrogen-bond acceptors (Lipinski definition) is 4. The van der Waals surface area contributed by atoms with Crippen molar-refractivity contribution in [2.45, 2.75) is 6.54 Å². The van der Waals surface area contributed by atoms with Crippen LogP contribution in [0.15, 0.2) is 84.9 Å². The first-order valence-electron chi connectivity index (χ1n) is 7.58. The van der Waals surface area contributed by atoms with Gasteiger partial charge in [0.15, 0.2) is 0 Å². The summed E-state index contributed by atoms with van der Waals surface area (Å²) in [5.41, 5.74) is 6.57. The van der Waals surface area contributed by atoms with Crippen LogP contribution in [-0.4, -0.2) is 0 Å². The highest BCUT2D eigenvalue weighted by molar-refractivity contribution is 7.63. The summed E-state index contributed by atoms with van der Waals surface area (Å²) in [5, 5.41) is 0.479. The first-order valence-corrected chi connectivity index (χ1v) is 9.13. The van der Waals surface area contributed by atoms with Crippen LogP contribution in [0.1, 0.15) is 5.56 Å². The van der Waals surface area contributed by atoms with Crippen molar-refractivity contribution in [2.24, 2.45) is 5.73 Å². The van der Waals surface area contributed by atoms with Crippen LogP contribution in [0.25, 0.3) is 0 Å². The maximum Gasteiger partial charge on any atom is 0.462 e. The first-order chi connectivity index (χ1) is 11.7. The van der Waals surface area contributed by atoms with Crippen LogP contribution >= 0.6 is 7.60 Å².